The molecule has 1 N–H and O–H groups in total. The number of ether oxygens (including phenoxy) is 1. The summed E-state index contributed by atoms with van der Waals surface area (Å²) in [5, 5.41) is 9.78. The largest absolute Gasteiger partial charge is 0.495 e. The van der Waals surface area contributed by atoms with Gasteiger partial charge in [0.05, 0.1) is 23.9 Å². The van der Waals surface area contributed by atoms with Gasteiger partial charge in [0.15, 0.2) is 5.17 Å². The van der Waals surface area contributed by atoms with E-state index in [4.69, 9.17) is 21.4 Å². The number of carbonyl (C=O) groups excluding carboxylic acids is 2. The highest BCUT2D eigenvalue weighted by Gasteiger charge is 2.39. The SMILES string of the molecule is COc1ccc(NC(=O)C[C@@H]2SC(N3N=C(c4ccc(C)cc4)C[C@@H]3c3ccccc3)=NC2=O)cc1Cl. The topological polar surface area (TPSA) is 83.4 Å². The normalized spacial score (nSPS) is 19.0. The van der Waals surface area contributed by atoms with Crippen molar-refractivity contribution in [2.75, 3.05) is 12.4 Å². The van der Waals surface area contributed by atoms with Crippen LogP contribution in [0.3, 0.4) is 0 Å². The van der Waals surface area contributed by atoms with Crippen molar-refractivity contribution in [1.29, 1.82) is 0 Å². The Kier molecular flexibility index (Phi) is 7.30. The first-order valence-corrected chi connectivity index (χ1v) is 13.1. The van der Waals surface area contributed by atoms with Gasteiger partial charge in [-0.3, -0.25) is 9.59 Å². The molecule has 2 heterocycles. The summed E-state index contributed by atoms with van der Waals surface area (Å²) in [6.07, 6.45) is 0.669. The maximum atomic E-state index is 12.8. The minimum absolute atomic E-state index is 0.0154. The Balaban J connectivity index is 1.32. The summed E-state index contributed by atoms with van der Waals surface area (Å²) in [7, 11) is 1.52. The monoisotopic (exact) mass is 532 g/mol. The summed E-state index contributed by atoms with van der Waals surface area (Å²) in [4.78, 5) is 29.8. The number of hydrogen-bond acceptors (Lipinski definition) is 6. The molecule has 2 amide bonds. The quantitative estimate of drug-likeness (QED) is 0.431. The number of amides is 2. The molecule has 0 aliphatic carbocycles. The molecular formula is C28H25ClN4O3S. The van der Waals surface area contributed by atoms with Gasteiger partial charge in [-0.05, 0) is 36.2 Å². The molecule has 0 spiro atoms. The molecule has 0 bridgehead atoms. The number of carbonyl (C=O) groups is 2. The van der Waals surface area contributed by atoms with Crippen LogP contribution in [0.2, 0.25) is 5.02 Å². The number of anilines is 1. The lowest BCUT2D eigenvalue weighted by Crippen LogP contribution is -2.25. The first-order valence-electron chi connectivity index (χ1n) is 11.8. The van der Waals surface area contributed by atoms with Gasteiger partial charge in [0.1, 0.15) is 11.0 Å². The minimum Gasteiger partial charge on any atom is -0.495 e. The first-order chi connectivity index (χ1) is 17.9. The number of hydrogen-bond donors (Lipinski definition) is 1. The van der Waals surface area contributed by atoms with E-state index in [9.17, 15) is 9.59 Å². The van der Waals surface area contributed by atoms with E-state index in [0.29, 0.717) is 28.0 Å². The number of thioether (sulfide) groups is 1. The Morgan fingerprint density at radius 3 is 2.59 bits per heavy atom. The summed E-state index contributed by atoms with van der Waals surface area (Å²) in [5.74, 6) is -0.120. The number of aliphatic imine (C=N–C) groups is 1. The second-order valence-corrected chi connectivity index (χ2v) is 10.4. The third-order valence-electron chi connectivity index (χ3n) is 6.21. The zero-order valence-electron chi connectivity index (χ0n) is 20.3. The molecule has 0 radical (unpaired) electrons. The predicted molar refractivity (Wildman–Crippen MR) is 148 cm³/mol. The van der Waals surface area contributed by atoms with Crippen LogP contribution in [-0.2, 0) is 9.59 Å². The lowest BCUT2D eigenvalue weighted by atomic mass is 9.98. The van der Waals surface area contributed by atoms with E-state index >= 15 is 0 Å². The van der Waals surface area contributed by atoms with Gasteiger partial charge in [0.2, 0.25) is 5.91 Å². The Bertz CT molecular complexity index is 1390. The number of benzene rings is 3. The van der Waals surface area contributed by atoms with Gasteiger partial charge in [-0.25, -0.2) is 5.01 Å². The minimum atomic E-state index is -0.626. The highest BCUT2D eigenvalue weighted by atomic mass is 35.5. The highest BCUT2D eigenvalue weighted by molar-refractivity contribution is 8.15. The van der Waals surface area contributed by atoms with Crippen molar-refractivity contribution in [3.8, 4) is 5.75 Å². The summed E-state index contributed by atoms with van der Waals surface area (Å²) in [6, 6.07) is 23.2. The number of halogens is 1. The van der Waals surface area contributed by atoms with Gasteiger partial charge in [-0.1, -0.05) is 83.5 Å². The van der Waals surface area contributed by atoms with Gasteiger partial charge in [0, 0.05) is 18.5 Å². The molecule has 0 unspecified atom stereocenters. The Labute approximate surface area is 224 Å². The van der Waals surface area contributed by atoms with E-state index in [2.05, 4.69) is 46.7 Å². The van der Waals surface area contributed by atoms with E-state index in [1.54, 1.807) is 18.2 Å². The molecule has 0 aromatic heterocycles. The van der Waals surface area contributed by atoms with Crippen LogP contribution < -0.4 is 10.1 Å². The third kappa shape index (κ3) is 5.55. The standard InChI is InChI=1S/C28H25ClN4O3S/c1-17-8-10-18(11-9-17)22-15-23(19-6-4-3-5-7-19)33(32-22)28-31-27(35)25(37-28)16-26(34)30-20-12-13-24(36-2)21(29)14-20/h3-14,23,25H,15-16H2,1-2H3,(H,30,34)/t23-,25+/m1/s1. The fourth-order valence-electron chi connectivity index (χ4n) is 4.27. The average Bonchev–Trinajstić information content (AvgIpc) is 3.49. The lowest BCUT2D eigenvalue weighted by molar-refractivity contribution is -0.121. The summed E-state index contributed by atoms with van der Waals surface area (Å²) in [6.45, 7) is 2.05. The van der Waals surface area contributed by atoms with Crippen molar-refractivity contribution in [2.24, 2.45) is 10.1 Å². The number of rotatable bonds is 6. The highest BCUT2D eigenvalue weighted by Crippen LogP contribution is 2.38. The van der Waals surface area contributed by atoms with E-state index in [0.717, 1.165) is 16.8 Å². The fourth-order valence-corrected chi connectivity index (χ4v) is 5.59. The number of methoxy groups -OCH3 is 1. The number of nitrogens with one attached hydrogen (secondary N) is 1. The molecule has 2 atom stereocenters. The second-order valence-electron chi connectivity index (χ2n) is 8.83. The molecule has 0 saturated carbocycles. The summed E-state index contributed by atoms with van der Waals surface area (Å²) >= 11 is 7.43. The summed E-state index contributed by atoms with van der Waals surface area (Å²) in [5.41, 5.74) is 4.77. The van der Waals surface area contributed by atoms with E-state index in [-0.39, 0.29) is 24.3 Å². The van der Waals surface area contributed by atoms with Crippen LogP contribution in [0.25, 0.3) is 0 Å². The van der Waals surface area contributed by atoms with Gasteiger partial charge in [-0.15, -0.1) is 0 Å². The van der Waals surface area contributed by atoms with E-state index < -0.39 is 5.25 Å². The maximum absolute atomic E-state index is 12.8. The van der Waals surface area contributed by atoms with Crippen LogP contribution in [0.5, 0.6) is 5.75 Å². The van der Waals surface area contributed by atoms with Crippen molar-refractivity contribution in [3.63, 3.8) is 0 Å². The molecule has 3 aromatic carbocycles. The van der Waals surface area contributed by atoms with Crippen LogP contribution >= 0.6 is 23.4 Å². The Morgan fingerprint density at radius 1 is 1.14 bits per heavy atom. The zero-order chi connectivity index (χ0) is 25.9. The second kappa shape index (κ2) is 10.8. The molecular weight excluding hydrogens is 508 g/mol. The molecule has 37 heavy (non-hydrogen) atoms. The molecule has 2 aliphatic heterocycles. The number of amidine groups is 1. The molecule has 188 valence electrons. The van der Waals surface area contributed by atoms with Crippen LogP contribution in [0.4, 0.5) is 5.69 Å². The first kappa shape index (κ1) is 25.0. The maximum Gasteiger partial charge on any atom is 0.262 e. The zero-order valence-corrected chi connectivity index (χ0v) is 21.9. The van der Waals surface area contributed by atoms with Crippen LogP contribution in [0.15, 0.2) is 82.9 Å². The Hall–Kier alpha value is -3.62. The van der Waals surface area contributed by atoms with E-state index in [1.165, 1.54) is 24.4 Å². The van der Waals surface area contributed by atoms with Gasteiger partial charge < -0.3 is 10.1 Å². The van der Waals surface area contributed by atoms with Gasteiger partial charge >= 0.3 is 0 Å². The molecule has 3 aromatic rings. The number of aryl methyl sites for hydroxylation is 1. The molecule has 5 rings (SSSR count). The smallest absolute Gasteiger partial charge is 0.262 e. The van der Waals surface area contributed by atoms with Crippen LogP contribution in [0, 0.1) is 6.92 Å². The van der Waals surface area contributed by atoms with Crippen LogP contribution in [0.1, 0.15) is 35.6 Å². The summed E-state index contributed by atoms with van der Waals surface area (Å²) < 4.78 is 5.15. The molecule has 7 nitrogen and oxygen atoms in total. The van der Waals surface area contributed by atoms with Gasteiger partial charge in [0.25, 0.3) is 5.91 Å². The molecule has 0 fully saturated rings. The van der Waals surface area contributed by atoms with Crippen molar-refractivity contribution < 1.29 is 14.3 Å². The number of nitrogens with zero attached hydrogens (tertiary/aromatic N) is 3. The van der Waals surface area contributed by atoms with Crippen LogP contribution in [-0.4, -0.2) is 40.1 Å². The lowest BCUT2D eigenvalue weighted by Gasteiger charge is -2.23. The molecule has 9 heteroatoms. The third-order valence-corrected chi connectivity index (χ3v) is 7.65. The van der Waals surface area contributed by atoms with E-state index in [1.807, 2.05) is 30.1 Å². The predicted octanol–water partition coefficient (Wildman–Crippen LogP) is 5.83. The van der Waals surface area contributed by atoms with Crippen molar-refractivity contribution >= 4 is 51.7 Å². The molecule has 0 saturated heterocycles. The molecule has 2 aliphatic rings. The van der Waals surface area contributed by atoms with Crippen molar-refractivity contribution in [3.05, 3.63) is 94.5 Å². The van der Waals surface area contributed by atoms with Crippen molar-refractivity contribution in [1.82, 2.24) is 5.01 Å². The number of hydrazone groups is 1. The van der Waals surface area contributed by atoms with Crippen molar-refractivity contribution in [2.45, 2.75) is 31.1 Å². The fraction of sp³-hybridized carbons (Fsp3) is 0.214. The average molecular weight is 533 g/mol. The van der Waals surface area contributed by atoms with Gasteiger partial charge in [-0.2, -0.15) is 10.1 Å². The Morgan fingerprint density at radius 2 is 1.89 bits per heavy atom.